The second kappa shape index (κ2) is 8.07. The van der Waals surface area contributed by atoms with Crippen molar-refractivity contribution in [1.29, 1.82) is 0 Å². The Bertz CT molecular complexity index is 782. The number of fused-ring (bicyclic) bond motifs is 1. The van der Waals surface area contributed by atoms with Crippen LogP contribution in [-0.2, 0) is 4.74 Å². The molecule has 0 unspecified atom stereocenters. The number of nitrogens with two attached hydrogens (primary N) is 1. The van der Waals surface area contributed by atoms with Crippen molar-refractivity contribution < 1.29 is 9.53 Å². The van der Waals surface area contributed by atoms with Crippen molar-refractivity contribution in [1.82, 2.24) is 14.4 Å². The summed E-state index contributed by atoms with van der Waals surface area (Å²) in [5.74, 6) is 0.158. The Morgan fingerprint density at radius 1 is 1.22 bits per heavy atom. The highest BCUT2D eigenvalue weighted by Crippen LogP contribution is 2.12. The highest BCUT2D eigenvalue weighted by Gasteiger charge is 2.11. The SMILES string of the molecule is CCOC(=O)c1cn2cc(Br)ccc2n1.Nc1ccc(Br)cn1. The molecule has 0 bridgehead atoms. The van der Waals surface area contributed by atoms with Crippen LogP contribution in [0.3, 0.4) is 0 Å². The van der Waals surface area contributed by atoms with Gasteiger partial charge >= 0.3 is 5.97 Å². The molecular weight excluding hydrogens is 428 g/mol. The number of anilines is 1. The van der Waals surface area contributed by atoms with Gasteiger partial charge in [-0.05, 0) is 63.0 Å². The molecule has 8 heteroatoms. The number of halogens is 2. The fraction of sp³-hybridized carbons (Fsp3) is 0.133. The summed E-state index contributed by atoms with van der Waals surface area (Å²) in [5.41, 5.74) is 6.35. The molecule has 6 nitrogen and oxygen atoms in total. The summed E-state index contributed by atoms with van der Waals surface area (Å²) in [6.45, 7) is 2.13. The van der Waals surface area contributed by atoms with E-state index in [1.54, 1.807) is 29.8 Å². The van der Waals surface area contributed by atoms with E-state index < -0.39 is 5.97 Å². The lowest BCUT2D eigenvalue weighted by atomic mass is 10.5. The van der Waals surface area contributed by atoms with E-state index >= 15 is 0 Å². The van der Waals surface area contributed by atoms with Crippen LogP contribution in [0, 0.1) is 0 Å². The lowest BCUT2D eigenvalue weighted by molar-refractivity contribution is 0.0520. The molecule has 0 fully saturated rings. The molecule has 3 aromatic rings. The van der Waals surface area contributed by atoms with Gasteiger partial charge in [-0.2, -0.15) is 0 Å². The fourth-order valence-electron chi connectivity index (χ4n) is 1.66. The molecular formula is C15H14Br2N4O2. The maximum atomic E-state index is 11.4. The van der Waals surface area contributed by atoms with Gasteiger partial charge < -0.3 is 14.9 Å². The minimum atomic E-state index is -0.391. The van der Waals surface area contributed by atoms with E-state index in [4.69, 9.17) is 10.5 Å². The van der Waals surface area contributed by atoms with Crippen LogP contribution in [0.2, 0.25) is 0 Å². The Kier molecular flexibility index (Phi) is 6.12. The van der Waals surface area contributed by atoms with Gasteiger partial charge in [0.25, 0.3) is 0 Å². The van der Waals surface area contributed by atoms with Gasteiger partial charge in [0, 0.05) is 27.5 Å². The van der Waals surface area contributed by atoms with Crippen LogP contribution in [0.5, 0.6) is 0 Å². The maximum Gasteiger partial charge on any atom is 0.358 e. The predicted molar refractivity (Wildman–Crippen MR) is 95.2 cm³/mol. The van der Waals surface area contributed by atoms with Crippen LogP contribution in [-0.4, -0.2) is 26.9 Å². The number of nitrogen functional groups attached to an aromatic ring is 1. The molecule has 120 valence electrons. The Labute approximate surface area is 149 Å². The van der Waals surface area contributed by atoms with Crippen molar-refractivity contribution in [2.45, 2.75) is 6.92 Å². The van der Waals surface area contributed by atoms with Crippen LogP contribution in [0.15, 0.2) is 51.8 Å². The van der Waals surface area contributed by atoms with Gasteiger partial charge in [0.15, 0.2) is 5.69 Å². The first-order chi connectivity index (χ1) is 11.0. The van der Waals surface area contributed by atoms with E-state index in [0.717, 1.165) is 14.6 Å². The number of hydrogen-bond acceptors (Lipinski definition) is 5. The fourth-order valence-corrected chi connectivity index (χ4v) is 2.24. The van der Waals surface area contributed by atoms with Crippen molar-refractivity contribution in [3.8, 4) is 0 Å². The number of ether oxygens (including phenoxy) is 1. The molecule has 2 N–H and O–H groups in total. The molecule has 3 rings (SSSR count). The lowest BCUT2D eigenvalue weighted by Crippen LogP contribution is -2.04. The summed E-state index contributed by atoms with van der Waals surface area (Å²) >= 11 is 6.57. The van der Waals surface area contributed by atoms with E-state index in [1.807, 2.05) is 24.4 Å². The van der Waals surface area contributed by atoms with E-state index in [9.17, 15) is 4.79 Å². The Hall–Kier alpha value is -1.93. The molecule has 0 atom stereocenters. The normalized spacial score (nSPS) is 10.0. The quantitative estimate of drug-likeness (QED) is 0.613. The van der Waals surface area contributed by atoms with Crippen LogP contribution in [0.25, 0.3) is 5.65 Å². The molecule has 3 heterocycles. The second-order valence-corrected chi connectivity index (χ2v) is 6.19. The second-order valence-electron chi connectivity index (χ2n) is 4.36. The molecule has 0 aliphatic rings. The number of imidazole rings is 1. The van der Waals surface area contributed by atoms with Crippen molar-refractivity contribution in [3.63, 3.8) is 0 Å². The standard InChI is InChI=1S/C10H9BrN2O2.C5H5BrN2/c1-2-15-10(14)8-6-13-5-7(11)3-4-9(13)12-8;6-4-1-2-5(7)8-3-4/h3-6H,2H2,1H3;1-3H,(H2,7,8). The van der Waals surface area contributed by atoms with Crippen LogP contribution in [0.4, 0.5) is 5.82 Å². The number of carbonyl (C=O) groups excluding carboxylic acids is 1. The van der Waals surface area contributed by atoms with Gasteiger partial charge in [0.2, 0.25) is 0 Å². The van der Waals surface area contributed by atoms with E-state index in [0.29, 0.717) is 18.1 Å². The number of rotatable bonds is 2. The summed E-state index contributed by atoms with van der Waals surface area (Å²) in [6.07, 6.45) is 5.15. The minimum Gasteiger partial charge on any atom is -0.461 e. The predicted octanol–water partition coefficient (Wildman–Crippen LogP) is 3.70. The van der Waals surface area contributed by atoms with Crippen molar-refractivity contribution in [2.75, 3.05) is 12.3 Å². The molecule has 0 radical (unpaired) electrons. The molecule has 0 amide bonds. The molecule has 0 aliphatic heterocycles. The van der Waals surface area contributed by atoms with E-state index in [1.165, 1.54) is 0 Å². The Balaban J connectivity index is 0.000000203. The number of esters is 1. The summed E-state index contributed by atoms with van der Waals surface area (Å²) in [6, 6.07) is 7.29. The summed E-state index contributed by atoms with van der Waals surface area (Å²) in [5, 5.41) is 0. The first-order valence-electron chi connectivity index (χ1n) is 6.68. The maximum absolute atomic E-state index is 11.4. The average molecular weight is 442 g/mol. The topological polar surface area (TPSA) is 82.5 Å². The van der Waals surface area contributed by atoms with Gasteiger partial charge in [-0.1, -0.05) is 0 Å². The van der Waals surface area contributed by atoms with Crippen LogP contribution < -0.4 is 5.73 Å². The lowest BCUT2D eigenvalue weighted by Gasteiger charge is -1.95. The number of pyridine rings is 2. The number of hydrogen-bond donors (Lipinski definition) is 1. The summed E-state index contributed by atoms with van der Waals surface area (Å²) in [7, 11) is 0. The van der Waals surface area contributed by atoms with Crippen LogP contribution >= 0.6 is 31.9 Å². The third kappa shape index (κ3) is 5.04. The summed E-state index contributed by atoms with van der Waals surface area (Å²) < 4.78 is 8.52. The zero-order valence-electron chi connectivity index (χ0n) is 12.2. The van der Waals surface area contributed by atoms with Gasteiger partial charge in [-0.15, -0.1) is 0 Å². The van der Waals surface area contributed by atoms with Gasteiger partial charge in [-0.25, -0.2) is 14.8 Å². The number of carbonyl (C=O) groups is 1. The molecule has 23 heavy (non-hydrogen) atoms. The Morgan fingerprint density at radius 2 is 1.96 bits per heavy atom. The number of nitrogens with zero attached hydrogens (tertiary/aromatic N) is 3. The minimum absolute atomic E-state index is 0.329. The zero-order chi connectivity index (χ0) is 16.8. The third-order valence-electron chi connectivity index (χ3n) is 2.65. The molecule has 0 saturated heterocycles. The van der Waals surface area contributed by atoms with E-state index in [-0.39, 0.29) is 0 Å². The van der Waals surface area contributed by atoms with Crippen molar-refractivity contribution >= 4 is 49.3 Å². The monoisotopic (exact) mass is 440 g/mol. The summed E-state index contributed by atoms with van der Waals surface area (Å²) in [4.78, 5) is 19.3. The Morgan fingerprint density at radius 3 is 2.57 bits per heavy atom. The smallest absolute Gasteiger partial charge is 0.358 e. The first kappa shape index (κ1) is 17.4. The molecule has 3 aromatic heterocycles. The molecule has 0 aromatic carbocycles. The van der Waals surface area contributed by atoms with E-state index in [2.05, 4.69) is 41.8 Å². The van der Waals surface area contributed by atoms with Crippen molar-refractivity contribution in [2.24, 2.45) is 0 Å². The zero-order valence-corrected chi connectivity index (χ0v) is 15.4. The van der Waals surface area contributed by atoms with Gasteiger partial charge in [0.1, 0.15) is 11.5 Å². The van der Waals surface area contributed by atoms with Gasteiger partial charge in [0.05, 0.1) is 6.61 Å². The van der Waals surface area contributed by atoms with Crippen molar-refractivity contribution in [3.05, 3.63) is 57.5 Å². The third-order valence-corrected chi connectivity index (χ3v) is 3.59. The average Bonchev–Trinajstić information content (AvgIpc) is 2.94. The number of aromatic nitrogens is 3. The highest BCUT2D eigenvalue weighted by atomic mass is 79.9. The van der Waals surface area contributed by atoms with Crippen LogP contribution in [0.1, 0.15) is 17.4 Å². The molecule has 0 saturated carbocycles. The first-order valence-corrected chi connectivity index (χ1v) is 8.26. The van der Waals surface area contributed by atoms with Gasteiger partial charge in [-0.3, -0.25) is 0 Å². The highest BCUT2D eigenvalue weighted by molar-refractivity contribution is 9.10. The largest absolute Gasteiger partial charge is 0.461 e. The molecule has 0 spiro atoms. The molecule has 0 aliphatic carbocycles.